The summed E-state index contributed by atoms with van der Waals surface area (Å²) >= 11 is 1.26. The summed E-state index contributed by atoms with van der Waals surface area (Å²) in [6.45, 7) is 2.00. The number of thiophene rings is 1. The van der Waals surface area contributed by atoms with Gasteiger partial charge in [-0.3, -0.25) is 4.79 Å². The summed E-state index contributed by atoms with van der Waals surface area (Å²) < 4.78 is 4.64. The average molecular weight is 296 g/mol. The van der Waals surface area contributed by atoms with Crippen molar-refractivity contribution in [2.45, 2.75) is 19.8 Å². The second-order valence-electron chi connectivity index (χ2n) is 3.84. The van der Waals surface area contributed by atoms with Crippen LogP contribution in [0.4, 0.5) is 5.00 Å². The van der Waals surface area contributed by atoms with Crippen molar-refractivity contribution in [1.82, 2.24) is 0 Å². The predicted molar refractivity (Wildman–Crippen MR) is 72.4 cm³/mol. The Balaban J connectivity index is 2.94. The summed E-state index contributed by atoms with van der Waals surface area (Å²) in [7, 11) is 1.25. The van der Waals surface area contributed by atoms with Crippen LogP contribution >= 0.6 is 11.3 Å². The van der Waals surface area contributed by atoms with Crippen LogP contribution in [0.2, 0.25) is 0 Å². The Morgan fingerprint density at radius 1 is 1.40 bits per heavy atom. The van der Waals surface area contributed by atoms with Gasteiger partial charge < -0.3 is 20.0 Å². The number of hydrogen-bond acceptors (Lipinski definition) is 6. The number of hydrogen-bond donors (Lipinski definition) is 1. The monoisotopic (exact) mass is 296 g/mol. The maximum atomic E-state index is 11.6. The van der Waals surface area contributed by atoms with Crippen molar-refractivity contribution >= 4 is 34.2 Å². The molecule has 1 rings (SSSR count). The van der Waals surface area contributed by atoms with Gasteiger partial charge in [-0.25, -0.2) is 4.79 Å². The molecular formula is C13H14NO5S-. The van der Waals surface area contributed by atoms with Crippen LogP contribution in [0, 0.1) is 0 Å². The Morgan fingerprint density at radius 3 is 2.65 bits per heavy atom. The van der Waals surface area contributed by atoms with Crippen LogP contribution < -0.4 is 10.4 Å². The van der Waals surface area contributed by atoms with Gasteiger partial charge in [0, 0.05) is 11.0 Å². The molecule has 0 aliphatic rings. The minimum atomic E-state index is -1.47. The van der Waals surface area contributed by atoms with Crippen molar-refractivity contribution in [3.05, 3.63) is 28.7 Å². The highest BCUT2D eigenvalue weighted by Gasteiger charge is 2.17. The maximum absolute atomic E-state index is 11.6. The molecular weight excluding hydrogens is 282 g/mol. The Morgan fingerprint density at radius 2 is 2.10 bits per heavy atom. The van der Waals surface area contributed by atoms with Gasteiger partial charge in [-0.05, 0) is 18.6 Å². The molecule has 1 aromatic rings. The minimum absolute atomic E-state index is 0.260. The Kier molecular flexibility index (Phi) is 5.92. The van der Waals surface area contributed by atoms with Gasteiger partial charge in [0.05, 0.1) is 18.6 Å². The van der Waals surface area contributed by atoms with Gasteiger partial charge in [-0.1, -0.05) is 13.3 Å². The number of carbonyl (C=O) groups excluding carboxylic acids is 3. The van der Waals surface area contributed by atoms with E-state index in [1.807, 2.05) is 6.92 Å². The zero-order valence-electron chi connectivity index (χ0n) is 11.1. The van der Waals surface area contributed by atoms with Crippen molar-refractivity contribution < 1.29 is 24.2 Å². The number of nitrogens with one attached hydrogen (secondary N) is 1. The molecule has 0 fully saturated rings. The first-order chi connectivity index (χ1) is 9.47. The Labute approximate surface area is 120 Å². The van der Waals surface area contributed by atoms with Gasteiger partial charge >= 0.3 is 5.97 Å². The van der Waals surface area contributed by atoms with E-state index in [0.717, 1.165) is 23.8 Å². The van der Waals surface area contributed by atoms with Crippen LogP contribution in [-0.2, 0) is 20.7 Å². The number of anilines is 1. The number of carboxylic acids is 1. The Hall–Kier alpha value is -2.15. The molecule has 0 bridgehead atoms. The third-order valence-corrected chi connectivity index (χ3v) is 3.40. The van der Waals surface area contributed by atoms with E-state index in [-0.39, 0.29) is 5.56 Å². The number of carbonyl (C=O) groups is 3. The van der Waals surface area contributed by atoms with E-state index in [2.05, 4.69) is 10.1 Å². The molecule has 0 saturated carbocycles. The van der Waals surface area contributed by atoms with Crippen LogP contribution in [0.15, 0.2) is 18.2 Å². The molecule has 1 N–H and O–H groups in total. The summed E-state index contributed by atoms with van der Waals surface area (Å²) in [6, 6.07) is 1.66. The van der Waals surface area contributed by atoms with E-state index in [0.29, 0.717) is 11.1 Å². The normalized spacial score (nSPS) is 10.5. The van der Waals surface area contributed by atoms with Gasteiger partial charge in [-0.2, -0.15) is 0 Å². The molecule has 0 spiro atoms. The molecule has 1 heterocycles. The van der Waals surface area contributed by atoms with Crippen LogP contribution in [0.25, 0.3) is 0 Å². The van der Waals surface area contributed by atoms with Crippen molar-refractivity contribution in [3.63, 3.8) is 0 Å². The lowest BCUT2D eigenvalue weighted by molar-refractivity contribution is -0.297. The van der Waals surface area contributed by atoms with Gasteiger partial charge in [0.1, 0.15) is 5.00 Å². The highest BCUT2D eigenvalue weighted by molar-refractivity contribution is 7.16. The van der Waals surface area contributed by atoms with Crippen LogP contribution in [0.5, 0.6) is 0 Å². The largest absolute Gasteiger partial charge is 0.545 e. The molecule has 108 valence electrons. The molecule has 0 aliphatic heterocycles. The maximum Gasteiger partial charge on any atom is 0.340 e. The third-order valence-electron chi connectivity index (χ3n) is 2.29. The quantitative estimate of drug-likeness (QED) is 0.617. The summed E-state index contributed by atoms with van der Waals surface area (Å²) in [5.41, 5.74) is 0.260. The second-order valence-corrected chi connectivity index (χ2v) is 4.98. The number of amides is 1. The molecule has 0 saturated heterocycles. The highest BCUT2D eigenvalue weighted by atomic mass is 32.1. The van der Waals surface area contributed by atoms with E-state index < -0.39 is 17.8 Å². The highest BCUT2D eigenvalue weighted by Crippen LogP contribution is 2.29. The molecule has 1 amide bonds. The molecule has 0 aromatic carbocycles. The van der Waals surface area contributed by atoms with Gasteiger partial charge in [0.25, 0.3) is 0 Å². The molecule has 0 radical (unpaired) electrons. The lowest BCUT2D eigenvalue weighted by Crippen LogP contribution is -2.20. The number of aliphatic carboxylic acids is 1. The van der Waals surface area contributed by atoms with E-state index in [1.165, 1.54) is 18.4 Å². The molecule has 1 aromatic heterocycles. The third kappa shape index (κ3) is 4.51. The fraction of sp³-hybridized carbons (Fsp3) is 0.308. The number of esters is 1. The molecule has 20 heavy (non-hydrogen) atoms. The molecule has 0 unspecified atom stereocenters. The minimum Gasteiger partial charge on any atom is -0.545 e. The lowest BCUT2D eigenvalue weighted by atomic mass is 10.2. The number of methoxy groups -OCH3 is 1. The Bertz CT molecular complexity index is 547. The first-order valence-corrected chi connectivity index (χ1v) is 6.70. The zero-order chi connectivity index (χ0) is 15.1. The zero-order valence-corrected chi connectivity index (χ0v) is 11.9. The van der Waals surface area contributed by atoms with E-state index in [9.17, 15) is 19.5 Å². The fourth-order valence-corrected chi connectivity index (χ4v) is 2.61. The van der Waals surface area contributed by atoms with Crippen molar-refractivity contribution in [3.8, 4) is 0 Å². The molecule has 7 heteroatoms. The van der Waals surface area contributed by atoms with Crippen molar-refractivity contribution in [1.29, 1.82) is 0 Å². The molecule has 0 aliphatic carbocycles. The standard InChI is InChI=1S/C13H15NO5S/c1-3-4-8-7-9(13(18)19-2)12(20-8)14-10(15)5-6-11(16)17/h5-7H,3-4H2,1-2H3,(H,14,15)(H,16,17)/p-1/b6-5+. The summed E-state index contributed by atoms with van der Waals surface area (Å²) in [5, 5.41) is 13.0. The van der Waals surface area contributed by atoms with Crippen molar-refractivity contribution in [2.24, 2.45) is 0 Å². The topological polar surface area (TPSA) is 95.5 Å². The van der Waals surface area contributed by atoms with Gasteiger partial charge in [0.2, 0.25) is 5.91 Å². The summed E-state index contributed by atoms with van der Waals surface area (Å²) in [4.78, 5) is 34.3. The SMILES string of the molecule is CCCc1cc(C(=O)OC)c(NC(=O)/C=C/C(=O)[O-])s1. The lowest BCUT2D eigenvalue weighted by Gasteiger charge is -2.02. The van der Waals surface area contributed by atoms with Crippen LogP contribution in [0.3, 0.4) is 0 Å². The smallest absolute Gasteiger partial charge is 0.340 e. The average Bonchev–Trinajstić information content (AvgIpc) is 2.78. The second kappa shape index (κ2) is 7.44. The molecule has 0 atom stereocenters. The number of rotatable bonds is 6. The number of ether oxygens (including phenoxy) is 1. The van der Waals surface area contributed by atoms with E-state index >= 15 is 0 Å². The van der Waals surface area contributed by atoms with E-state index in [4.69, 9.17) is 0 Å². The first-order valence-electron chi connectivity index (χ1n) is 5.89. The van der Waals surface area contributed by atoms with Gasteiger partial charge in [0.15, 0.2) is 0 Å². The number of carboxylic acid groups (broad SMARTS) is 1. The number of aryl methyl sites for hydroxylation is 1. The first kappa shape index (κ1) is 15.9. The molecule has 6 nitrogen and oxygen atoms in total. The fourth-order valence-electron chi connectivity index (χ4n) is 1.46. The van der Waals surface area contributed by atoms with Crippen LogP contribution in [0.1, 0.15) is 28.6 Å². The predicted octanol–water partition coefficient (Wildman–Crippen LogP) is 0.732. The van der Waals surface area contributed by atoms with Crippen molar-refractivity contribution in [2.75, 3.05) is 12.4 Å². The summed E-state index contributed by atoms with van der Waals surface area (Å²) in [5.74, 6) is -2.67. The van der Waals surface area contributed by atoms with E-state index in [1.54, 1.807) is 6.07 Å². The summed E-state index contributed by atoms with van der Waals surface area (Å²) in [6.07, 6.45) is 3.13. The van der Waals surface area contributed by atoms with Gasteiger partial charge in [-0.15, -0.1) is 11.3 Å². The van der Waals surface area contributed by atoms with Crippen LogP contribution in [-0.4, -0.2) is 25.0 Å².